The number of aromatic nitrogens is 6. The first-order valence-electron chi connectivity index (χ1n) is 20.5. The average Bonchev–Trinajstić information content (AvgIpc) is 3.38. The molecule has 0 spiro atoms. The van der Waals surface area contributed by atoms with Gasteiger partial charge in [-0.15, -0.1) is 18.9 Å². The molecule has 71 heavy (non-hydrogen) atoms. The smallest absolute Gasteiger partial charge is 0.247 e. The molecule has 2 amide bonds. The van der Waals surface area contributed by atoms with Crippen molar-refractivity contribution in [2.24, 2.45) is 20.5 Å². The molecule has 0 aliphatic rings. The first-order chi connectivity index (χ1) is 34.8. The van der Waals surface area contributed by atoms with Crippen molar-refractivity contribution in [3.63, 3.8) is 0 Å². The fraction of sp³-hybridized carbons (Fsp3) is 0.0698. The van der Waals surface area contributed by atoms with Gasteiger partial charge in [0.1, 0.15) is 43.7 Å². The summed E-state index contributed by atoms with van der Waals surface area (Å²) in [6.07, 6.45) is 1.68. The number of benzene rings is 6. The van der Waals surface area contributed by atoms with Crippen molar-refractivity contribution in [3.8, 4) is 11.5 Å². The Morgan fingerprint density at radius 2 is 0.958 bits per heavy atom. The lowest BCUT2D eigenvalue weighted by molar-refractivity contribution is -0.465. The van der Waals surface area contributed by atoms with Gasteiger partial charge in [-0.25, -0.2) is 19.7 Å². The highest BCUT2D eigenvalue weighted by atomic mass is 32.1. The minimum absolute atomic E-state index is 0.0227. The van der Waals surface area contributed by atoms with E-state index in [-0.39, 0.29) is 59.9 Å². The fourth-order valence-corrected chi connectivity index (χ4v) is 6.68. The van der Waals surface area contributed by atoms with E-state index in [1.165, 1.54) is 12.7 Å². The number of amides is 2. The highest BCUT2D eigenvalue weighted by Gasteiger charge is 2.20. The summed E-state index contributed by atoms with van der Waals surface area (Å²) >= 11 is 7.00. The molecule has 0 bridgehead atoms. The number of phenols is 2. The molecule has 28 heteroatoms. The second-order valence-corrected chi connectivity index (χ2v) is 14.5. The van der Waals surface area contributed by atoms with Gasteiger partial charge in [0.15, 0.2) is 11.5 Å². The van der Waals surface area contributed by atoms with Crippen LogP contribution in [0.2, 0.25) is 0 Å². The Bertz CT molecular complexity index is 3010. The van der Waals surface area contributed by atoms with Crippen LogP contribution in [0.1, 0.15) is 17.5 Å². The zero-order valence-corrected chi connectivity index (χ0v) is 38.0. The molecule has 2 aromatic heterocycles. The van der Waals surface area contributed by atoms with Crippen molar-refractivity contribution < 1.29 is 48.3 Å². The Morgan fingerprint density at radius 1 is 0.535 bits per heavy atom. The zero-order chi connectivity index (χ0) is 49.4. The van der Waals surface area contributed by atoms with Gasteiger partial charge in [0.2, 0.25) is 35.6 Å². The molecule has 0 atom stereocenters. The topological polar surface area (TPSA) is 329 Å². The number of carbonyl (C=O) groups excluding carboxylic acids is 2. The van der Waals surface area contributed by atoms with Crippen LogP contribution in [0.25, 0.3) is 21.5 Å². The van der Waals surface area contributed by atoms with Gasteiger partial charge < -0.3 is 20.8 Å². The molecule has 0 unspecified atom stereocenters. The van der Waals surface area contributed by atoms with E-state index in [9.17, 15) is 19.8 Å². The number of carbonyl (C=O) groups is 2. The minimum Gasteiger partial charge on any atom is -0.505 e. The maximum absolute atomic E-state index is 12.8. The highest BCUT2D eigenvalue weighted by Crippen LogP contribution is 2.45. The van der Waals surface area contributed by atoms with E-state index >= 15 is 0 Å². The maximum atomic E-state index is 12.8. The van der Waals surface area contributed by atoms with Gasteiger partial charge in [-0.1, -0.05) is 70.7 Å². The van der Waals surface area contributed by atoms with Crippen LogP contribution < -0.4 is 32.3 Å². The minimum atomic E-state index is -0.768. The lowest BCUT2D eigenvalue weighted by Gasteiger charge is -2.14. The van der Waals surface area contributed by atoms with Gasteiger partial charge >= 0.3 is 0 Å². The van der Waals surface area contributed by atoms with Crippen LogP contribution in [0.4, 0.5) is 57.9 Å². The van der Waals surface area contributed by atoms with Crippen LogP contribution in [-0.2, 0) is 51.3 Å². The Kier molecular flexibility index (Phi) is 16.5. The molecule has 26 nitrogen and oxygen atoms in total. The maximum Gasteiger partial charge on any atom is 0.247 e. The van der Waals surface area contributed by atoms with E-state index in [0.29, 0.717) is 55.4 Å². The number of aromatic hydroxyl groups is 2. The number of hydrogen-bond donors (Lipinski definition) is 10. The van der Waals surface area contributed by atoms with Crippen molar-refractivity contribution in [1.82, 2.24) is 40.8 Å². The van der Waals surface area contributed by atoms with E-state index in [1.807, 2.05) is 12.1 Å². The van der Waals surface area contributed by atoms with Crippen molar-refractivity contribution in [2.75, 3.05) is 21.5 Å². The van der Waals surface area contributed by atoms with Gasteiger partial charge in [0.05, 0.1) is 22.7 Å². The molecular weight excluding hydrogens is 965 g/mol. The Morgan fingerprint density at radius 3 is 1.38 bits per heavy atom. The predicted octanol–water partition coefficient (Wildman–Crippen LogP) is 8.52. The largest absolute Gasteiger partial charge is 0.505 e. The van der Waals surface area contributed by atoms with E-state index in [1.54, 1.807) is 97.1 Å². The Hall–Kier alpha value is -8.74. The van der Waals surface area contributed by atoms with Crippen LogP contribution in [0.3, 0.4) is 0 Å². The monoisotopic (exact) mass is 1000 g/mol. The number of azo groups is 2. The molecule has 0 radical (unpaired) electrons. The van der Waals surface area contributed by atoms with E-state index in [0.717, 1.165) is 0 Å². The Balaban J connectivity index is 0.887. The number of thiol groups is 2. The lowest BCUT2D eigenvalue weighted by atomic mass is 10.0. The molecule has 6 aromatic carbocycles. The molecule has 0 aliphatic carbocycles. The molecule has 0 saturated heterocycles. The predicted molar refractivity (Wildman–Crippen MR) is 259 cm³/mol. The number of hydrazine groups is 2. The molecule has 2 heterocycles. The summed E-state index contributed by atoms with van der Waals surface area (Å²) in [5.41, 5.74) is 12.6. The van der Waals surface area contributed by atoms with Crippen molar-refractivity contribution in [1.29, 1.82) is 0 Å². The standard InChI is InChI=1S/C43H36N16O10S2/c60-32(54-58-42-46-22-44-40(50-42)48-30-15-7-9-24-17-26(20-64-66-68-70)36(38(62)34(24)30)56-52-28-11-3-1-4-12-28)19-33(61)55-59-43-47-23-45-41(51-43)49-31-16-8-10-25-18-27(21-65-67-69-71)37(39(63)35(25)31)57-53-29-13-5-2-6-14-29/h1-18,22-23,62-63,70-71H,19-21H2,(H,54,60)(H,55,61)(H2,44,46,48,50,58)(H2,45,47,49,51,59). The van der Waals surface area contributed by atoms with E-state index in [4.69, 9.17) is 9.78 Å². The summed E-state index contributed by atoms with van der Waals surface area (Å²) in [7, 11) is 0. The summed E-state index contributed by atoms with van der Waals surface area (Å²) < 4.78 is 8.45. The normalized spacial score (nSPS) is 11.3. The third kappa shape index (κ3) is 12.9. The highest BCUT2D eigenvalue weighted by molar-refractivity contribution is 7.75. The number of phenolic OH excluding ortho intramolecular Hbond substituents is 2. The number of fused-ring (bicyclic) bond motifs is 2. The van der Waals surface area contributed by atoms with E-state index in [2.05, 4.69) is 127 Å². The summed E-state index contributed by atoms with van der Waals surface area (Å²) in [6.45, 7) is -0.373. The second-order valence-electron chi connectivity index (χ2n) is 14.2. The molecule has 8 rings (SSSR count). The second kappa shape index (κ2) is 24.0. The summed E-state index contributed by atoms with van der Waals surface area (Å²) in [4.78, 5) is 60.5. The van der Waals surface area contributed by atoms with Crippen molar-refractivity contribution in [3.05, 3.63) is 133 Å². The van der Waals surface area contributed by atoms with Crippen molar-refractivity contribution in [2.45, 2.75) is 19.6 Å². The number of rotatable bonds is 22. The van der Waals surface area contributed by atoms with E-state index < -0.39 is 18.2 Å². The average molecular weight is 1000 g/mol. The Labute approximate surface area is 410 Å². The molecule has 0 saturated carbocycles. The van der Waals surface area contributed by atoms with Crippen molar-refractivity contribution >= 4 is 117 Å². The van der Waals surface area contributed by atoms with Gasteiger partial charge in [0.25, 0.3) is 0 Å². The first-order valence-corrected chi connectivity index (χ1v) is 21.2. The number of nitrogens with one attached hydrogen (secondary N) is 6. The number of nitrogens with zero attached hydrogens (tertiary/aromatic N) is 10. The SMILES string of the molecule is O=C(CC(=O)NNc1ncnc(Nc2cccc3cc(COOOS)c(N=Nc4ccccc4)c(O)c23)n1)NNc1ncnc(Nc2cccc3cc(COOOS)c(N=Nc4ccccc4)c(O)c23)n1. The number of anilines is 6. The van der Waals surface area contributed by atoms with Crippen LogP contribution >= 0.6 is 25.8 Å². The number of hydrogen-bond acceptors (Lipinski definition) is 26. The molecule has 0 fully saturated rings. The quantitative estimate of drug-likeness (QED) is 0.00578. The molecule has 8 N–H and O–H groups in total. The summed E-state index contributed by atoms with van der Waals surface area (Å²) in [5.74, 6) is -2.17. The van der Waals surface area contributed by atoms with Crippen LogP contribution in [-0.4, -0.2) is 51.9 Å². The fourth-order valence-electron chi connectivity index (χ4n) is 6.60. The van der Waals surface area contributed by atoms with Crippen LogP contribution in [0.15, 0.2) is 142 Å². The van der Waals surface area contributed by atoms with Crippen LogP contribution in [0.5, 0.6) is 11.5 Å². The first kappa shape index (κ1) is 48.7. The third-order valence-electron chi connectivity index (χ3n) is 9.60. The molecular formula is C43H36N16O10S2. The summed E-state index contributed by atoms with van der Waals surface area (Å²) in [5, 5.41) is 57.1. The molecule has 8 aromatic rings. The molecule has 0 aliphatic heterocycles. The summed E-state index contributed by atoms with van der Waals surface area (Å²) in [6, 6.07) is 31.6. The molecule has 360 valence electrons. The van der Waals surface area contributed by atoms with Gasteiger partial charge in [-0.05, 0) is 59.3 Å². The van der Waals surface area contributed by atoms with Gasteiger partial charge in [-0.3, -0.25) is 31.3 Å². The van der Waals surface area contributed by atoms with Gasteiger partial charge in [-0.2, -0.15) is 30.2 Å². The zero-order valence-electron chi connectivity index (χ0n) is 36.2. The van der Waals surface area contributed by atoms with Gasteiger partial charge in [0, 0.05) is 47.7 Å². The third-order valence-corrected chi connectivity index (χ3v) is 9.72. The van der Waals surface area contributed by atoms with Crippen LogP contribution in [0, 0.1) is 0 Å². The lowest BCUT2D eigenvalue weighted by Crippen LogP contribution is -2.37.